The van der Waals surface area contributed by atoms with E-state index in [9.17, 15) is 14.4 Å². The first kappa shape index (κ1) is 14.4. The molecule has 1 aromatic heterocycles. The van der Waals surface area contributed by atoms with Crippen LogP contribution in [0, 0.1) is 17.3 Å². The zero-order valence-electron chi connectivity index (χ0n) is 11.0. The molecule has 7 nitrogen and oxygen atoms in total. The van der Waals surface area contributed by atoms with E-state index in [1.54, 1.807) is 19.2 Å². The lowest BCUT2D eigenvalue weighted by Crippen LogP contribution is -2.18. The minimum Gasteiger partial charge on any atom is -0.481 e. The number of aromatic nitrogens is 1. The summed E-state index contributed by atoms with van der Waals surface area (Å²) < 4.78 is 0. The number of carboxylic acids is 1. The van der Waals surface area contributed by atoms with Gasteiger partial charge in [-0.1, -0.05) is 13.8 Å². The van der Waals surface area contributed by atoms with E-state index in [1.165, 1.54) is 11.3 Å². The predicted molar refractivity (Wildman–Crippen MR) is 72.0 cm³/mol. The molecule has 20 heavy (non-hydrogen) atoms. The Morgan fingerprint density at radius 3 is 2.60 bits per heavy atom. The first-order valence-corrected chi connectivity index (χ1v) is 6.88. The second kappa shape index (κ2) is 4.86. The number of primary amides is 1. The van der Waals surface area contributed by atoms with Crippen LogP contribution >= 0.6 is 11.3 Å². The molecule has 108 valence electrons. The SMILES string of the molecule is CC1(C)[C@H](C(=O)O)[C@@H]1C(=O)Nc1nc(CC(N)=O)cs1. The summed E-state index contributed by atoms with van der Waals surface area (Å²) in [6.07, 6.45) is 0.0129. The van der Waals surface area contributed by atoms with Crippen molar-refractivity contribution in [1.29, 1.82) is 0 Å². The van der Waals surface area contributed by atoms with Gasteiger partial charge in [0.05, 0.1) is 24.0 Å². The molecule has 1 heterocycles. The highest BCUT2D eigenvalue weighted by Gasteiger charge is 2.65. The fourth-order valence-electron chi connectivity index (χ4n) is 2.40. The molecule has 1 aromatic rings. The molecule has 1 saturated carbocycles. The molecule has 2 rings (SSSR count). The molecule has 0 saturated heterocycles. The van der Waals surface area contributed by atoms with Gasteiger partial charge in [-0.2, -0.15) is 0 Å². The van der Waals surface area contributed by atoms with Crippen LogP contribution in [0.25, 0.3) is 0 Å². The third-order valence-corrected chi connectivity index (χ3v) is 4.32. The van der Waals surface area contributed by atoms with E-state index in [0.717, 1.165) is 0 Å². The van der Waals surface area contributed by atoms with Gasteiger partial charge < -0.3 is 16.2 Å². The number of nitrogens with zero attached hydrogens (tertiary/aromatic N) is 1. The first-order chi connectivity index (χ1) is 9.23. The number of carbonyl (C=O) groups excluding carboxylic acids is 2. The van der Waals surface area contributed by atoms with Gasteiger partial charge >= 0.3 is 5.97 Å². The molecule has 0 aliphatic heterocycles. The van der Waals surface area contributed by atoms with Crippen LogP contribution < -0.4 is 11.1 Å². The van der Waals surface area contributed by atoms with Crippen molar-refractivity contribution in [3.63, 3.8) is 0 Å². The van der Waals surface area contributed by atoms with E-state index in [2.05, 4.69) is 10.3 Å². The van der Waals surface area contributed by atoms with Crippen molar-refractivity contribution in [2.75, 3.05) is 5.32 Å². The molecule has 0 radical (unpaired) electrons. The highest BCUT2D eigenvalue weighted by atomic mass is 32.1. The predicted octanol–water partition coefficient (Wildman–Crippen LogP) is 0.466. The van der Waals surface area contributed by atoms with Crippen LogP contribution in [0.3, 0.4) is 0 Å². The molecule has 1 aliphatic rings. The summed E-state index contributed by atoms with van der Waals surface area (Å²) in [5, 5.41) is 13.6. The van der Waals surface area contributed by atoms with Crippen LogP contribution in [0.15, 0.2) is 5.38 Å². The number of anilines is 1. The molecular weight excluding hydrogens is 282 g/mol. The molecule has 2 atom stereocenters. The Hall–Kier alpha value is -1.96. The van der Waals surface area contributed by atoms with Crippen molar-refractivity contribution < 1.29 is 19.5 Å². The quantitative estimate of drug-likeness (QED) is 0.729. The number of carbonyl (C=O) groups is 3. The second-order valence-corrected chi connectivity index (χ2v) is 6.25. The Bertz CT molecular complexity index is 581. The second-order valence-electron chi connectivity index (χ2n) is 5.39. The normalized spacial score (nSPS) is 23.1. The molecule has 4 N–H and O–H groups in total. The molecule has 0 unspecified atom stereocenters. The van der Waals surface area contributed by atoms with Crippen LogP contribution in [0.4, 0.5) is 5.13 Å². The highest BCUT2D eigenvalue weighted by Crippen LogP contribution is 2.58. The third kappa shape index (κ3) is 2.64. The van der Waals surface area contributed by atoms with Gasteiger partial charge in [0.25, 0.3) is 0 Å². The Balaban J connectivity index is 2.01. The Labute approximate surface area is 119 Å². The van der Waals surface area contributed by atoms with E-state index in [-0.39, 0.29) is 12.3 Å². The van der Waals surface area contributed by atoms with Crippen molar-refractivity contribution in [2.45, 2.75) is 20.3 Å². The van der Waals surface area contributed by atoms with Crippen LogP contribution in [0.2, 0.25) is 0 Å². The van der Waals surface area contributed by atoms with E-state index in [4.69, 9.17) is 10.8 Å². The number of rotatable bonds is 5. The number of amides is 2. The minimum atomic E-state index is -0.969. The zero-order chi connectivity index (χ0) is 15.1. The van der Waals surface area contributed by atoms with Crippen molar-refractivity contribution in [1.82, 2.24) is 4.98 Å². The number of nitrogens with two attached hydrogens (primary N) is 1. The molecule has 0 spiro atoms. The Morgan fingerprint density at radius 1 is 1.45 bits per heavy atom. The largest absolute Gasteiger partial charge is 0.481 e. The molecule has 1 fully saturated rings. The highest BCUT2D eigenvalue weighted by molar-refractivity contribution is 7.13. The number of nitrogens with one attached hydrogen (secondary N) is 1. The van der Waals surface area contributed by atoms with Gasteiger partial charge in [-0.25, -0.2) is 4.98 Å². The molecule has 0 aromatic carbocycles. The number of thiazole rings is 1. The molecule has 2 amide bonds. The zero-order valence-corrected chi connectivity index (χ0v) is 11.9. The average Bonchev–Trinajstić information content (AvgIpc) is 2.63. The van der Waals surface area contributed by atoms with Gasteiger partial charge in [-0.3, -0.25) is 14.4 Å². The molecular formula is C12H15N3O4S. The summed E-state index contributed by atoms with van der Waals surface area (Å²) in [6, 6.07) is 0. The van der Waals surface area contributed by atoms with Gasteiger partial charge in [0.1, 0.15) is 0 Å². The maximum absolute atomic E-state index is 12.0. The van der Waals surface area contributed by atoms with Gasteiger partial charge in [-0.05, 0) is 5.41 Å². The summed E-state index contributed by atoms with van der Waals surface area (Å²) in [6.45, 7) is 3.49. The number of hydrogen-bond acceptors (Lipinski definition) is 5. The number of hydrogen-bond donors (Lipinski definition) is 3. The van der Waals surface area contributed by atoms with E-state index in [1.807, 2.05) is 0 Å². The standard InChI is InChI=1S/C12H15N3O4S/c1-12(2)7(8(12)10(18)19)9(17)15-11-14-5(4-20-11)3-6(13)16/h4,7-8H,3H2,1-2H3,(H2,13,16)(H,18,19)(H,14,15,17)/t7-,8+/m1/s1. The smallest absolute Gasteiger partial charge is 0.307 e. The van der Waals surface area contributed by atoms with Crippen LogP contribution in [0.1, 0.15) is 19.5 Å². The summed E-state index contributed by atoms with van der Waals surface area (Å²) in [5.74, 6) is -3.07. The fourth-order valence-corrected chi connectivity index (χ4v) is 3.11. The maximum atomic E-state index is 12.0. The monoisotopic (exact) mass is 297 g/mol. The molecule has 8 heteroatoms. The average molecular weight is 297 g/mol. The lowest BCUT2D eigenvalue weighted by molar-refractivity contribution is -0.140. The Morgan fingerprint density at radius 2 is 2.10 bits per heavy atom. The van der Waals surface area contributed by atoms with Crippen LogP contribution in [0.5, 0.6) is 0 Å². The first-order valence-electron chi connectivity index (χ1n) is 6.00. The lowest BCUT2D eigenvalue weighted by Gasteiger charge is -2.02. The fraction of sp³-hybridized carbons (Fsp3) is 0.500. The lowest BCUT2D eigenvalue weighted by atomic mass is 10.1. The molecule has 1 aliphatic carbocycles. The van der Waals surface area contributed by atoms with Crippen molar-refractivity contribution in [3.05, 3.63) is 11.1 Å². The van der Waals surface area contributed by atoms with Crippen LogP contribution in [-0.4, -0.2) is 27.9 Å². The third-order valence-electron chi connectivity index (χ3n) is 3.51. The van der Waals surface area contributed by atoms with Gasteiger partial charge in [-0.15, -0.1) is 11.3 Å². The van der Waals surface area contributed by atoms with Crippen molar-refractivity contribution >= 4 is 34.3 Å². The Kier molecular flexibility index (Phi) is 3.51. The van der Waals surface area contributed by atoms with E-state index < -0.39 is 29.1 Å². The van der Waals surface area contributed by atoms with E-state index in [0.29, 0.717) is 10.8 Å². The summed E-state index contributed by atoms with van der Waals surface area (Å²) >= 11 is 1.18. The minimum absolute atomic E-state index is 0.0129. The van der Waals surface area contributed by atoms with Gasteiger partial charge in [0.15, 0.2) is 5.13 Å². The summed E-state index contributed by atoms with van der Waals surface area (Å²) in [7, 11) is 0. The van der Waals surface area contributed by atoms with Crippen molar-refractivity contribution in [3.8, 4) is 0 Å². The summed E-state index contributed by atoms with van der Waals surface area (Å²) in [5.41, 5.74) is 4.99. The van der Waals surface area contributed by atoms with Crippen LogP contribution in [-0.2, 0) is 20.8 Å². The topological polar surface area (TPSA) is 122 Å². The van der Waals surface area contributed by atoms with Gasteiger partial charge in [0.2, 0.25) is 11.8 Å². The summed E-state index contributed by atoms with van der Waals surface area (Å²) in [4.78, 5) is 37.9. The number of carboxylic acid groups (broad SMARTS) is 1. The van der Waals surface area contributed by atoms with Gasteiger partial charge in [0, 0.05) is 5.38 Å². The molecule has 0 bridgehead atoms. The van der Waals surface area contributed by atoms with E-state index >= 15 is 0 Å². The maximum Gasteiger partial charge on any atom is 0.307 e. The number of aliphatic carboxylic acids is 1. The van der Waals surface area contributed by atoms with Crippen molar-refractivity contribution in [2.24, 2.45) is 23.0 Å².